The van der Waals surface area contributed by atoms with Crippen molar-refractivity contribution in [2.24, 2.45) is 14.1 Å². The van der Waals surface area contributed by atoms with Gasteiger partial charge in [-0.05, 0) is 75.1 Å². The van der Waals surface area contributed by atoms with Crippen molar-refractivity contribution < 1.29 is 9.53 Å². The molecule has 1 aliphatic carbocycles. The smallest absolute Gasteiger partial charge is 0.253 e. The summed E-state index contributed by atoms with van der Waals surface area (Å²) in [5.74, 6) is 1.00. The van der Waals surface area contributed by atoms with Crippen LogP contribution < -0.4 is 10.1 Å². The van der Waals surface area contributed by atoms with Crippen LogP contribution in [0.4, 0.5) is 11.6 Å². The second-order valence-electron chi connectivity index (χ2n) is 12.3. The maximum atomic E-state index is 13.4. The number of nitrogens with one attached hydrogen (secondary N) is 1. The number of rotatable bonds is 7. The van der Waals surface area contributed by atoms with Crippen molar-refractivity contribution in [2.45, 2.75) is 31.7 Å². The highest BCUT2D eigenvalue weighted by Crippen LogP contribution is 2.40. The number of benzene rings is 2. The average molecular weight is 618 g/mol. The molecule has 46 heavy (non-hydrogen) atoms. The Balaban J connectivity index is 1.16. The van der Waals surface area contributed by atoms with Crippen molar-refractivity contribution in [3.8, 4) is 39.4 Å². The lowest BCUT2D eigenvalue weighted by molar-refractivity contribution is 0.0659. The van der Waals surface area contributed by atoms with Crippen molar-refractivity contribution >= 4 is 17.5 Å². The number of nitrogens with zero attached hydrogens (tertiary/aromatic N) is 8. The molecule has 1 saturated heterocycles. The van der Waals surface area contributed by atoms with Gasteiger partial charge in [-0.3, -0.25) is 14.2 Å². The van der Waals surface area contributed by atoms with Crippen LogP contribution in [-0.2, 0) is 26.9 Å². The largest absolute Gasteiger partial charge is 0.495 e. The molecule has 1 N–H and O–H groups in total. The Morgan fingerprint density at radius 2 is 1.74 bits per heavy atom. The van der Waals surface area contributed by atoms with Crippen LogP contribution in [0.3, 0.4) is 0 Å². The van der Waals surface area contributed by atoms with Gasteiger partial charge in [-0.15, -0.1) is 0 Å². The van der Waals surface area contributed by atoms with Crippen molar-refractivity contribution in [3.63, 3.8) is 0 Å². The Labute approximate surface area is 268 Å². The standard InChI is InChI=1S/C35H39N9O2/c1-41-16-14-27(15-17-41)43(3)34(45)24-10-12-28(30(18-24)46-5)38-35-36-19-25-11-13-29-31(32(25)39-35)33(44(4)40-29)23-8-6-22(7-9-23)26-20-37-42(2)21-26/h6-10,12,18-21,27H,11,13-17H2,1-5H3,(H,36,38,39). The van der Waals surface area contributed by atoms with Gasteiger partial charge in [0.25, 0.3) is 5.91 Å². The first kappa shape index (κ1) is 29.7. The van der Waals surface area contributed by atoms with Crippen LogP contribution in [0.25, 0.3) is 33.6 Å². The van der Waals surface area contributed by atoms with E-state index in [4.69, 9.17) is 14.8 Å². The molecule has 0 unspecified atom stereocenters. The maximum Gasteiger partial charge on any atom is 0.253 e. The fourth-order valence-electron chi connectivity index (χ4n) is 6.64. The highest BCUT2D eigenvalue weighted by Gasteiger charge is 2.28. The lowest BCUT2D eigenvalue weighted by atomic mass is 9.91. The molecule has 7 rings (SSSR count). The van der Waals surface area contributed by atoms with E-state index < -0.39 is 0 Å². The summed E-state index contributed by atoms with van der Waals surface area (Å²) in [5.41, 5.74) is 9.58. The number of carbonyl (C=O) groups is 1. The Morgan fingerprint density at radius 1 is 0.978 bits per heavy atom. The molecule has 11 heteroatoms. The second kappa shape index (κ2) is 12.1. The number of methoxy groups -OCH3 is 1. The Hall–Kier alpha value is -5.03. The highest BCUT2D eigenvalue weighted by atomic mass is 16.5. The molecule has 2 aliphatic rings. The van der Waals surface area contributed by atoms with Crippen LogP contribution >= 0.6 is 0 Å². The summed E-state index contributed by atoms with van der Waals surface area (Å²) in [4.78, 5) is 27.2. The Morgan fingerprint density at radius 3 is 2.46 bits per heavy atom. The minimum atomic E-state index is -0.00506. The van der Waals surface area contributed by atoms with E-state index in [1.165, 1.54) is 0 Å². The van der Waals surface area contributed by atoms with Crippen molar-refractivity contribution in [2.75, 3.05) is 39.6 Å². The number of piperidine rings is 1. The van der Waals surface area contributed by atoms with E-state index >= 15 is 0 Å². The van der Waals surface area contributed by atoms with Gasteiger partial charge in [-0.1, -0.05) is 24.3 Å². The lowest BCUT2D eigenvalue weighted by Crippen LogP contribution is -2.44. The van der Waals surface area contributed by atoms with E-state index in [9.17, 15) is 4.79 Å². The predicted octanol–water partition coefficient (Wildman–Crippen LogP) is 4.96. The Kier molecular flexibility index (Phi) is 7.77. The van der Waals surface area contributed by atoms with Gasteiger partial charge in [0.1, 0.15) is 5.75 Å². The summed E-state index contributed by atoms with van der Waals surface area (Å²) in [6, 6.07) is 14.2. The molecule has 0 atom stereocenters. The third-order valence-corrected chi connectivity index (χ3v) is 9.30. The lowest BCUT2D eigenvalue weighted by Gasteiger charge is -2.35. The van der Waals surface area contributed by atoms with Crippen molar-refractivity contribution in [1.82, 2.24) is 39.3 Å². The van der Waals surface area contributed by atoms with Crippen LogP contribution in [0.2, 0.25) is 0 Å². The molecule has 0 spiro atoms. The normalized spacial score (nSPS) is 14.9. The number of likely N-dealkylation sites (tertiary alicyclic amines) is 1. The average Bonchev–Trinajstić information content (AvgIpc) is 3.67. The highest BCUT2D eigenvalue weighted by molar-refractivity contribution is 5.95. The molecule has 5 aromatic rings. The summed E-state index contributed by atoms with van der Waals surface area (Å²) in [7, 11) is 9.54. The second-order valence-corrected chi connectivity index (χ2v) is 12.3. The molecule has 236 valence electrons. The number of aryl methyl sites for hydroxylation is 4. The molecule has 11 nitrogen and oxygen atoms in total. The number of aromatic nitrogens is 6. The van der Waals surface area contributed by atoms with Crippen LogP contribution in [0, 0.1) is 0 Å². The number of amides is 1. The molecular weight excluding hydrogens is 578 g/mol. The van der Waals surface area contributed by atoms with Gasteiger partial charge < -0.3 is 19.9 Å². The van der Waals surface area contributed by atoms with Gasteiger partial charge in [0.2, 0.25) is 5.95 Å². The summed E-state index contributed by atoms with van der Waals surface area (Å²) < 4.78 is 9.49. The van der Waals surface area contributed by atoms with Gasteiger partial charge >= 0.3 is 0 Å². The minimum Gasteiger partial charge on any atom is -0.495 e. The topological polar surface area (TPSA) is 106 Å². The number of hydrogen-bond donors (Lipinski definition) is 1. The van der Waals surface area contributed by atoms with Crippen LogP contribution in [-0.4, -0.2) is 85.6 Å². The third-order valence-electron chi connectivity index (χ3n) is 9.30. The fraction of sp³-hybridized carbons (Fsp3) is 0.343. The monoisotopic (exact) mass is 617 g/mol. The molecule has 1 aliphatic heterocycles. The fourth-order valence-corrected chi connectivity index (χ4v) is 6.64. The van der Waals surface area contributed by atoms with Crippen molar-refractivity contribution in [3.05, 3.63) is 77.9 Å². The van der Waals surface area contributed by atoms with Gasteiger partial charge in [0.05, 0.1) is 36.1 Å². The quantitative estimate of drug-likeness (QED) is 0.273. The van der Waals surface area contributed by atoms with E-state index in [1.54, 1.807) is 13.2 Å². The summed E-state index contributed by atoms with van der Waals surface area (Å²) in [6.07, 6.45) is 9.39. The molecule has 3 aromatic heterocycles. The van der Waals surface area contributed by atoms with Gasteiger partial charge in [-0.25, -0.2) is 9.97 Å². The zero-order valence-electron chi connectivity index (χ0n) is 27.0. The molecule has 1 amide bonds. The first-order valence-electron chi connectivity index (χ1n) is 15.7. The van der Waals surface area contributed by atoms with Crippen LogP contribution in [0.15, 0.2) is 61.1 Å². The number of fused-ring (bicyclic) bond motifs is 3. The number of ether oxygens (including phenoxy) is 1. The summed E-state index contributed by atoms with van der Waals surface area (Å²) in [6.45, 7) is 1.99. The SMILES string of the molecule is COc1cc(C(=O)N(C)C2CCN(C)CC2)ccc1Nc1ncc2c(n1)-c1c(nn(C)c1-c1ccc(-c3cnn(C)c3)cc1)CC2. The van der Waals surface area contributed by atoms with E-state index in [-0.39, 0.29) is 11.9 Å². The van der Waals surface area contributed by atoms with Gasteiger partial charge in [-0.2, -0.15) is 10.2 Å². The molecular formula is C35H39N9O2. The van der Waals surface area contributed by atoms with E-state index in [1.807, 2.05) is 66.1 Å². The van der Waals surface area contributed by atoms with Crippen molar-refractivity contribution in [1.29, 1.82) is 0 Å². The van der Waals surface area contributed by atoms with Gasteiger partial charge in [0, 0.05) is 61.8 Å². The van der Waals surface area contributed by atoms with Crippen LogP contribution in [0.1, 0.15) is 34.5 Å². The molecule has 1 fully saturated rings. The first-order chi connectivity index (χ1) is 22.3. The summed E-state index contributed by atoms with van der Waals surface area (Å²) >= 11 is 0. The van der Waals surface area contributed by atoms with Gasteiger partial charge in [0.15, 0.2) is 0 Å². The van der Waals surface area contributed by atoms with E-state index in [0.29, 0.717) is 22.9 Å². The zero-order chi connectivity index (χ0) is 31.9. The number of carbonyl (C=O) groups excluding carboxylic acids is 1. The van der Waals surface area contributed by atoms with Crippen LogP contribution in [0.5, 0.6) is 5.75 Å². The molecule has 4 heterocycles. The van der Waals surface area contributed by atoms with E-state index in [2.05, 4.69) is 51.6 Å². The van der Waals surface area contributed by atoms with E-state index in [0.717, 1.165) is 83.7 Å². The number of hydrogen-bond acceptors (Lipinski definition) is 8. The summed E-state index contributed by atoms with van der Waals surface area (Å²) in [5, 5.41) is 12.5. The minimum absolute atomic E-state index is 0.00506. The Bertz CT molecular complexity index is 1900. The first-order valence-corrected chi connectivity index (χ1v) is 15.7. The third kappa shape index (κ3) is 5.51. The predicted molar refractivity (Wildman–Crippen MR) is 178 cm³/mol. The zero-order valence-corrected chi connectivity index (χ0v) is 27.0. The molecule has 2 aromatic carbocycles. The number of anilines is 2. The molecule has 0 radical (unpaired) electrons. The molecule has 0 saturated carbocycles. The maximum absolute atomic E-state index is 13.4. The molecule has 0 bridgehead atoms.